The van der Waals surface area contributed by atoms with Crippen molar-refractivity contribution in [1.29, 1.82) is 0 Å². The zero-order valence-electron chi connectivity index (χ0n) is 81.6. The minimum absolute atomic E-state index is 0. The van der Waals surface area contributed by atoms with Gasteiger partial charge in [-0.15, -0.1) is 41.5 Å². The fourth-order valence-electron chi connectivity index (χ4n) is 22.5. The average Bonchev–Trinajstić information content (AvgIpc) is 1.04. The fourth-order valence-corrected chi connectivity index (χ4v) is 27.4. The maximum Gasteiger partial charge on any atom is 2.00 e. The van der Waals surface area contributed by atoms with E-state index in [-0.39, 0.29) is 90.2 Å². The molecule has 8 aromatic carbocycles. The van der Waals surface area contributed by atoms with E-state index >= 15 is 0 Å². The van der Waals surface area contributed by atoms with E-state index in [9.17, 15) is 37.8 Å². The Morgan fingerprint density at radius 1 is 0.561 bits per heavy atom. The van der Waals surface area contributed by atoms with Crippen LogP contribution in [0, 0.1) is 28.7 Å². The molecule has 10 aromatic rings. The summed E-state index contributed by atoms with van der Waals surface area (Å²) in [7, 11) is -5.62. The summed E-state index contributed by atoms with van der Waals surface area (Å²) in [5, 5.41) is 76.8. The third kappa shape index (κ3) is 25.9. The van der Waals surface area contributed by atoms with Gasteiger partial charge >= 0.3 is 27.5 Å². The van der Waals surface area contributed by atoms with E-state index in [4.69, 9.17) is 25.4 Å². The van der Waals surface area contributed by atoms with Crippen LogP contribution in [0.2, 0.25) is 0 Å². The molecule has 2 spiro atoms. The Hall–Kier alpha value is -9.93. The van der Waals surface area contributed by atoms with Crippen LogP contribution in [0.15, 0.2) is 255 Å². The van der Waals surface area contributed by atoms with Gasteiger partial charge < -0.3 is 36.6 Å². The summed E-state index contributed by atoms with van der Waals surface area (Å²) in [4.78, 5) is 51.0. The van der Waals surface area contributed by atoms with Crippen LogP contribution in [-0.2, 0) is 40.1 Å². The number of H-pyrrole nitrogens is 2. The van der Waals surface area contributed by atoms with Gasteiger partial charge in [-0.1, -0.05) is 252 Å². The predicted molar refractivity (Wildman–Crippen MR) is 565 cm³/mol. The number of aliphatic hydroxyl groups is 2. The third-order valence-corrected chi connectivity index (χ3v) is 33.4. The molecule has 20 rings (SSSR count). The first-order valence-corrected chi connectivity index (χ1v) is 53.6. The summed E-state index contributed by atoms with van der Waals surface area (Å²) in [6, 6.07) is 67.4. The zero-order chi connectivity index (χ0) is 98.1. The molecule has 4 unspecified atom stereocenters. The predicted octanol–water partition coefficient (Wildman–Crippen LogP) is 20.4. The number of aromatic nitrogens is 4. The molecule has 10 N–H and O–H groups in total. The molecular weight excluding hydrogens is 1940 g/mol. The molecule has 0 bridgehead atoms. The van der Waals surface area contributed by atoms with Gasteiger partial charge in [0.05, 0.1) is 93.2 Å². The maximum atomic E-state index is 13.5. The average molecular weight is 2070 g/mol. The van der Waals surface area contributed by atoms with Crippen molar-refractivity contribution in [1.82, 2.24) is 41.0 Å². The van der Waals surface area contributed by atoms with Gasteiger partial charge in [0.25, 0.3) is 33.1 Å². The summed E-state index contributed by atoms with van der Waals surface area (Å²) in [5.41, 5.74) is 24.0. The second-order valence-electron chi connectivity index (χ2n) is 42.0. The van der Waals surface area contributed by atoms with Crippen molar-refractivity contribution in [3.8, 4) is 22.3 Å². The number of allylic oxidation sites excluding steroid dienone is 4. The Morgan fingerprint density at radius 2 is 0.978 bits per heavy atom. The number of carbonyl (C=O) groups excluding carboxylic acids is 2. The topological polar surface area (TPSA) is 340 Å². The number of nitrogens with zero attached hydrogens (tertiary/aromatic N) is 6. The molecule has 734 valence electrons. The first-order chi connectivity index (χ1) is 65.8. The van der Waals surface area contributed by atoms with Gasteiger partial charge in [0.15, 0.2) is 0 Å². The summed E-state index contributed by atoms with van der Waals surface area (Å²) >= 11 is 3.53. The number of benzene rings is 8. The largest absolute Gasteiger partial charge is 2.00 e. The van der Waals surface area contributed by atoms with E-state index in [1.54, 1.807) is 85.6 Å². The number of carbonyl (C=O) groups is 2. The number of hydrogen-bond donors (Lipinski definition) is 9. The first-order valence-electron chi connectivity index (χ1n) is 49.3. The molecule has 2 aliphatic heterocycles. The van der Waals surface area contributed by atoms with Crippen molar-refractivity contribution in [2.75, 3.05) is 19.3 Å². The Kier molecular flexibility index (Phi) is 34.4. The van der Waals surface area contributed by atoms with E-state index in [0.29, 0.717) is 82.3 Å². The molecule has 2 amide bonds. The SMILES string of the molecule is CC(C)(O)CN1N=C(C(=O)NC2CC3(C2)CC(c2n[nH]c(=O)c4ccccc24)C3)C2C=CC(Br)=CC21.CC(C)(O)CN1N=C(C(=O)NC2CC3(C2)CC(c2n[nH]c(=O)c4ccccc24)C3)C2C=CC(c3ccccc3)=CC21.CC(C)c1cc(C(C)C)c(-c2ccccc2[PH+](C2CCCCC2)C2CCCCC2)c(C(C)C)c1.CS(=O)(=O)O.OB(O)c1ccccc1.[NH-]c1ccccc1-c1[c-]cccc1.[Pd+2]. The number of rotatable bonds is 20. The van der Waals surface area contributed by atoms with Crippen molar-refractivity contribution < 1.29 is 63.2 Å². The fraction of sp³-hybridized carbons (Fsp3) is 0.429. The zero-order valence-corrected chi connectivity index (χ0v) is 86.6. The smallest absolute Gasteiger partial charge is 0.706 e. The summed E-state index contributed by atoms with van der Waals surface area (Å²) < 4.78 is 26.8. The standard InChI is InChI=1S/C33H35N5O3.C33H49P.C27H30BrN5O3.C12H9N.C6H7BO2.CH4O3S.Pd/c1-32(2,41)19-38-27-14-21(20-8-4-3-5-9-20)12-13-26(27)29(37-38)31(40)34-23-17-33(18-23)15-22(16-33)28-24-10-6-7-11-25(24)30(39)36-35-28;1-23(2)26-21-30(24(3)4)33(31(22-26)25(5)6)29-19-13-14-20-32(29)34(27-15-9-7-10-16-27)28-17-11-8-12-18-28;1-26(2,36)14-33-21-9-16(28)7-8-20(21)23(32-33)25(35)29-17-12-27(13-17)10-15(11-27)22-18-5-3-4-6-19(18)24(34)31-30-22;13-12-9-5-4-8-11(12)10-6-2-1-3-7-10;8-7(9)6-4-2-1-3-5-6;1-5(2,3)4;/h3-14,22-23,26-27,41H,15-19H2,1-2H3,(H,34,40)(H,36,39);13-14,19-25,27-28H,7-12,15-18H2,1-6H3;3-9,15,17,20-21,36H,10-14H2,1-2H3,(H,29,35)(H,31,34);1-6,8-9,13H;1-5,8-9H;1H3,(H,2,3,4);/q;;;-2;;;+2/p+1. The molecule has 10 aliphatic rings. The molecule has 2 aromatic heterocycles. The number of hydrogen-bond acceptors (Lipinski definition) is 16. The van der Waals surface area contributed by atoms with Crippen molar-refractivity contribution in [2.24, 2.45) is 32.9 Å². The van der Waals surface area contributed by atoms with Gasteiger partial charge in [0.1, 0.15) is 11.4 Å². The Labute approximate surface area is 842 Å². The molecule has 6 saturated carbocycles. The molecule has 139 heavy (non-hydrogen) atoms. The second kappa shape index (κ2) is 45.5. The van der Waals surface area contributed by atoms with Gasteiger partial charge in [-0.3, -0.25) is 33.7 Å². The van der Waals surface area contributed by atoms with Crippen LogP contribution in [0.4, 0.5) is 5.69 Å². The van der Waals surface area contributed by atoms with Crippen molar-refractivity contribution in [3.05, 3.63) is 301 Å². The van der Waals surface area contributed by atoms with Gasteiger partial charge in [-0.05, 0) is 222 Å². The Morgan fingerprint density at radius 3 is 1.41 bits per heavy atom. The Balaban J connectivity index is 0.000000146. The van der Waals surface area contributed by atoms with E-state index in [2.05, 4.69) is 166 Å². The van der Waals surface area contributed by atoms with E-state index in [0.717, 1.165) is 112 Å². The molecular formula is C112H135BBrN11O11PPdS+. The molecule has 0 radical (unpaired) electrons. The molecule has 6 fully saturated rings. The van der Waals surface area contributed by atoms with Crippen LogP contribution in [0.25, 0.3) is 55.1 Å². The molecule has 4 heterocycles. The Bertz CT molecular complexity index is 6340. The molecule has 22 nitrogen and oxygen atoms in total. The van der Waals surface area contributed by atoms with Crippen LogP contribution < -0.4 is 32.5 Å². The number of amides is 2. The number of nitrogens with one attached hydrogen (secondary N) is 5. The normalized spacial score (nSPS) is 22.9. The van der Waals surface area contributed by atoms with Crippen LogP contribution in [0.1, 0.15) is 248 Å². The summed E-state index contributed by atoms with van der Waals surface area (Å²) in [6.07, 6.45) is 35.6. The van der Waals surface area contributed by atoms with Crippen molar-refractivity contribution in [3.63, 3.8) is 0 Å². The van der Waals surface area contributed by atoms with Crippen molar-refractivity contribution in [2.45, 2.75) is 261 Å². The van der Waals surface area contributed by atoms with E-state index in [1.807, 2.05) is 144 Å². The molecule has 0 saturated heterocycles. The third-order valence-electron chi connectivity index (χ3n) is 28.9. The summed E-state index contributed by atoms with van der Waals surface area (Å²) in [6.45, 7) is 22.0. The number of β-amino-alcohol motifs (C(OH)–C–C–N with tert-alkyl or cyclic N) is 2. The van der Waals surface area contributed by atoms with Gasteiger partial charge in [0.2, 0.25) is 0 Å². The number of fused-ring (bicyclic) bond motifs is 4. The molecule has 27 heteroatoms. The monoisotopic (exact) mass is 2070 g/mol. The van der Waals surface area contributed by atoms with Crippen LogP contribution in [0.3, 0.4) is 0 Å². The minimum Gasteiger partial charge on any atom is -0.706 e. The minimum atomic E-state index is -3.67. The van der Waals surface area contributed by atoms with Crippen LogP contribution in [0.5, 0.6) is 0 Å². The molecule has 8 aliphatic carbocycles. The van der Waals surface area contributed by atoms with Crippen molar-refractivity contribution >= 4 is 108 Å². The van der Waals surface area contributed by atoms with Gasteiger partial charge in [-0.2, -0.15) is 34.5 Å². The maximum absolute atomic E-state index is 13.5. The van der Waals surface area contributed by atoms with Gasteiger partial charge in [0, 0.05) is 52.7 Å². The number of halogens is 1. The molecule has 4 atom stereocenters. The number of hydrazone groups is 2. The van der Waals surface area contributed by atoms with Crippen LogP contribution in [-0.4, -0.2) is 160 Å². The van der Waals surface area contributed by atoms with E-state index in [1.165, 1.54) is 69.8 Å². The van der Waals surface area contributed by atoms with Gasteiger partial charge in [-0.25, -0.2) is 10.2 Å². The quantitative estimate of drug-likeness (QED) is 0.0148. The second-order valence-corrected chi connectivity index (χ2v) is 47.4. The first kappa shape index (κ1) is 105. The van der Waals surface area contributed by atoms with E-state index < -0.39 is 36.4 Å². The number of aromatic amines is 2. The summed E-state index contributed by atoms with van der Waals surface area (Å²) in [5.74, 6) is 1.77. The van der Waals surface area contributed by atoms with Crippen LogP contribution >= 0.6 is 23.9 Å².